The third-order valence-corrected chi connectivity index (χ3v) is 3.19. The Morgan fingerprint density at radius 2 is 2.11 bits per heavy atom. The van der Waals surface area contributed by atoms with E-state index in [0.29, 0.717) is 13.2 Å². The van der Waals surface area contributed by atoms with Gasteiger partial charge in [-0.05, 0) is 19.9 Å². The molecule has 2 rings (SSSR count). The molecule has 0 aliphatic heterocycles. The first kappa shape index (κ1) is 13.6. The second-order valence-corrected chi connectivity index (χ2v) is 4.62. The highest BCUT2D eigenvalue weighted by Crippen LogP contribution is 2.20. The van der Waals surface area contributed by atoms with Crippen molar-refractivity contribution in [1.82, 2.24) is 4.57 Å². The Bertz CT molecular complexity index is 619. The van der Waals surface area contributed by atoms with Crippen LogP contribution in [0.3, 0.4) is 0 Å². The van der Waals surface area contributed by atoms with Crippen molar-refractivity contribution in [1.29, 1.82) is 0 Å². The van der Waals surface area contributed by atoms with Crippen molar-refractivity contribution in [3.05, 3.63) is 40.7 Å². The lowest BCUT2D eigenvalue weighted by atomic mass is 10.1. The van der Waals surface area contributed by atoms with E-state index in [4.69, 9.17) is 4.74 Å². The molecule has 0 aliphatic rings. The quantitative estimate of drug-likeness (QED) is 0.897. The van der Waals surface area contributed by atoms with Crippen LogP contribution >= 0.6 is 0 Å². The van der Waals surface area contributed by atoms with Crippen molar-refractivity contribution >= 4 is 16.6 Å². The molecule has 4 heteroatoms. The molecule has 0 saturated carbocycles. The Hall–Kier alpha value is -1.81. The summed E-state index contributed by atoms with van der Waals surface area (Å²) in [5.74, 6) is 0. The summed E-state index contributed by atoms with van der Waals surface area (Å²) >= 11 is 0. The van der Waals surface area contributed by atoms with Gasteiger partial charge in [-0.25, -0.2) is 0 Å². The molecule has 19 heavy (non-hydrogen) atoms. The first-order chi connectivity index (χ1) is 9.13. The molecule has 0 bridgehead atoms. The monoisotopic (exact) mass is 260 g/mol. The zero-order valence-electron chi connectivity index (χ0n) is 11.6. The lowest BCUT2D eigenvalue weighted by molar-refractivity contribution is 0.0855. The number of pyridine rings is 1. The van der Waals surface area contributed by atoms with Gasteiger partial charge in [-0.3, -0.25) is 4.79 Å². The van der Waals surface area contributed by atoms with E-state index in [2.05, 4.69) is 5.32 Å². The van der Waals surface area contributed by atoms with Crippen LogP contribution in [-0.2, 0) is 11.8 Å². The summed E-state index contributed by atoms with van der Waals surface area (Å²) < 4.78 is 7.14. The minimum absolute atomic E-state index is 0.00902. The summed E-state index contributed by atoms with van der Waals surface area (Å²) in [6.07, 6.45) is 0.118. The van der Waals surface area contributed by atoms with Crippen LogP contribution in [0.25, 0.3) is 10.9 Å². The molecule has 102 valence electrons. The van der Waals surface area contributed by atoms with E-state index in [9.17, 15) is 4.79 Å². The van der Waals surface area contributed by atoms with Crippen LogP contribution in [0.4, 0.5) is 5.69 Å². The molecule has 0 radical (unpaired) electrons. The van der Waals surface area contributed by atoms with Crippen LogP contribution in [0.1, 0.15) is 13.8 Å². The van der Waals surface area contributed by atoms with Crippen LogP contribution in [0.5, 0.6) is 0 Å². The van der Waals surface area contributed by atoms with Crippen LogP contribution in [-0.4, -0.2) is 23.8 Å². The van der Waals surface area contributed by atoms with E-state index in [-0.39, 0.29) is 11.7 Å². The topological polar surface area (TPSA) is 43.3 Å². The fourth-order valence-corrected chi connectivity index (χ4v) is 2.15. The molecule has 1 N–H and O–H groups in total. The van der Waals surface area contributed by atoms with E-state index in [1.54, 1.807) is 17.7 Å². The van der Waals surface area contributed by atoms with Crippen LogP contribution in [0.15, 0.2) is 35.1 Å². The van der Waals surface area contributed by atoms with Gasteiger partial charge in [0.15, 0.2) is 0 Å². The van der Waals surface area contributed by atoms with Crippen molar-refractivity contribution in [2.24, 2.45) is 7.05 Å². The summed E-state index contributed by atoms with van der Waals surface area (Å²) in [4.78, 5) is 11.9. The lowest BCUT2D eigenvalue weighted by Gasteiger charge is -2.16. The number of para-hydroxylation sites is 1. The van der Waals surface area contributed by atoms with Crippen LogP contribution < -0.4 is 10.9 Å². The molecule has 1 aromatic heterocycles. The Balaban J connectivity index is 2.33. The van der Waals surface area contributed by atoms with Crippen molar-refractivity contribution in [3.8, 4) is 0 Å². The van der Waals surface area contributed by atoms with Gasteiger partial charge in [-0.1, -0.05) is 18.2 Å². The number of benzene rings is 1. The fourth-order valence-electron chi connectivity index (χ4n) is 2.15. The minimum atomic E-state index is -0.00902. The summed E-state index contributed by atoms with van der Waals surface area (Å²) in [5.41, 5.74) is 1.79. The molecule has 0 spiro atoms. The zero-order valence-corrected chi connectivity index (χ0v) is 11.6. The first-order valence-electron chi connectivity index (χ1n) is 6.57. The SMILES string of the molecule is CCOC(C)CNc1cc(=O)n(C)c2ccccc12. The molecule has 1 atom stereocenters. The fraction of sp³-hybridized carbons (Fsp3) is 0.400. The van der Waals surface area contributed by atoms with E-state index >= 15 is 0 Å². The van der Waals surface area contributed by atoms with E-state index < -0.39 is 0 Å². The van der Waals surface area contributed by atoms with Gasteiger partial charge < -0.3 is 14.6 Å². The normalized spacial score (nSPS) is 12.6. The molecular weight excluding hydrogens is 240 g/mol. The van der Waals surface area contributed by atoms with Gasteiger partial charge >= 0.3 is 0 Å². The Labute approximate surface area is 113 Å². The van der Waals surface area contributed by atoms with Crippen molar-refractivity contribution in [3.63, 3.8) is 0 Å². The molecule has 1 unspecified atom stereocenters. The van der Waals surface area contributed by atoms with Gasteiger partial charge in [0.05, 0.1) is 11.6 Å². The minimum Gasteiger partial charge on any atom is -0.382 e. The number of hydrogen-bond donors (Lipinski definition) is 1. The predicted octanol–water partition coefficient (Wildman–Crippen LogP) is 2.38. The summed E-state index contributed by atoms with van der Waals surface area (Å²) in [7, 11) is 1.79. The lowest BCUT2D eigenvalue weighted by Crippen LogP contribution is -2.22. The van der Waals surface area contributed by atoms with E-state index in [0.717, 1.165) is 16.6 Å². The number of nitrogens with one attached hydrogen (secondary N) is 1. The molecule has 0 saturated heterocycles. The molecule has 0 fully saturated rings. The molecule has 0 aliphatic carbocycles. The zero-order chi connectivity index (χ0) is 13.8. The summed E-state index contributed by atoms with van der Waals surface area (Å²) in [5, 5.41) is 4.35. The Morgan fingerprint density at radius 3 is 2.84 bits per heavy atom. The third kappa shape index (κ3) is 2.96. The van der Waals surface area contributed by atoms with Crippen LogP contribution in [0, 0.1) is 0 Å². The molecule has 1 heterocycles. The summed E-state index contributed by atoms with van der Waals surface area (Å²) in [6, 6.07) is 9.52. The molecule has 0 amide bonds. The third-order valence-electron chi connectivity index (χ3n) is 3.19. The summed E-state index contributed by atoms with van der Waals surface area (Å²) in [6.45, 7) is 5.37. The standard InChI is InChI=1S/C15H20N2O2/c1-4-19-11(2)10-16-13-9-15(18)17(3)14-8-6-5-7-12(13)14/h5-9,11,16H,4,10H2,1-3H3. The molecular formula is C15H20N2O2. The smallest absolute Gasteiger partial charge is 0.252 e. The number of aryl methyl sites for hydroxylation is 1. The molecule has 4 nitrogen and oxygen atoms in total. The average molecular weight is 260 g/mol. The number of rotatable bonds is 5. The molecule has 1 aromatic carbocycles. The maximum absolute atomic E-state index is 11.9. The van der Waals surface area contributed by atoms with Gasteiger partial charge in [-0.15, -0.1) is 0 Å². The predicted molar refractivity (Wildman–Crippen MR) is 78.8 cm³/mol. The van der Waals surface area contributed by atoms with Gasteiger partial charge in [0, 0.05) is 37.3 Å². The van der Waals surface area contributed by atoms with Crippen molar-refractivity contribution < 1.29 is 4.74 Å². The second-order valence-electron chi connectivity index (χ2n) is 4.62. The number of hydrogen-bond acceptors (Lipinski definition) is 3. The number of fused-ring (bicyclic) bond motifs is 1. The first-order valence-corrected chi connectivity index (χ1v) is 6.57. The average Bonchev–Trinajstić information content (AvgIpc) is 2.42. The number of anilines is 1. The van der Waals surface area contributed by atoms with Crippen LogP contribution in [0.2, 0.25) is 0 Å². The number of nitrogens with zero attached hydrogens (tertiary/aromatic N) is 1. The maximum atomic E-state index is 11.9. The Kier molecular flexibility index (Phi) is 4.22. The van der Waals surface area contributed by atoms with E-state index in [1.165, 1.54) is 0 Å². The van der Waals surface area contributed by atoms with Crippen molar-refractivity contribution in [2.75, 3.05) is 18.5 Å². The van der Waals surface area contributed by atoms with Gasteiger partial charge in [0.1, 0.15) is 0 Å². The van der Waals surface area contributed by atoms with Crippen molar-refractivity contribution in [2.45, 2.75) is 20.0 Å². The highest BCUT2D eigenvalue weighted by Gasteiger charge is 2.07. The largest absolute Gasteiger partial charge is 0.382 e. The maximum Gasteiger partial charge on any atom is 0.252 e. The molecule has 2 aromatic rings. The van der Waals surface area contributed by atoms with E-state index in [1.807, 2.05) is 38.1 Å². The van der Waals surface area contributed by atoms with Gasteiger partial charge in [0.2, 0.25) is 0 Å². The second kappa shape index (κ2) is 5.89. The highest BCUT2D eigenvalue weighted by atomic mass is 16.5. The van der Waals surface area contributed by atoms with Gasteiger partial charge in [0.25, 0.3) is 5.56 Å². The number of ether oxygens (including phenoxy) is 1. The Morgan fingerprint density at radius 1 is 1.37 bits per heavy atom. The number of aromatic nitrogens is 1. The van der Waals surface area contributed by atoms with Gasteiger partial charge in [-0.2, -0.15) is 0 Å². The highest BCUT2D eigenvalue weighted by molar-refractivity contribution is 5.91.